The van der Waals surface area contributed by atoms with E-state index in [2.05, 4.69) is 4.90 Å². The number of amides is 1. The number of benzene rings is 2. The summed E-state index contributed by atoms with van der Waals surface area (Å²) in [6, 6.07) is 11.2. The van der Waals surface area contributed by atoms with Crippen LogP contribution in [0, 0.1) is 5.82 Å². The molecule has 1 atom stereocenters. The van der Waals surface area contributed by atoms with Gasteiger partial charge in [-0.1, -0.05) is 23.7 Å². The number of rotatable bonds is 6. The first-order chi connectivity index (χ1) is 15.5. The number of morpholine rings is 1. The summed E-state index contributed by atoms with van der Waals surface area (Å²) < 4.78 is 19.4. The lowest BCUT2D eigenvalue weighted by Crippen LogP contribution is -2.39. The highest BCUT2D eigenvalue weighted by Crippen LogP contribution is 2.39. The number of halogens is 2. The third-order valence-electron chi connectivity index (χ3n) is 5.80. The van der Waals surface area contributed by atoms with Gasteiger partial charge in [-0.25, -0.2) is 4.39 Å². The second-order valence-electron chi connectivity index (χ2n) is 7.86. The molecule has 8 heteroatoms. The molecule has 2 heterocycles. The van der Waals surface area contributed by atoms with E-state index in [9.17, 15) is 19.1 Å². The largest absolute Gasteiger partial charge is 0.507 e. The highest BCUT2D eigenvalue weighted by atomic mass is 35.5. The summed E-state index contributed by atoms with van der Waals surface area (Å²) in [5.41, 5.74) is 0.752. The minimum absolute atomic E-state index is 0.0469. The molecule has 2 fully saturated rings. The maximum Gasteiger partial charge on any atom is 0.295 e. The van der Waals surface area contributed by atoms with E-state index in [1.807, 2.05) is 0 Å². The van der Waals surface area contributed by atoms with Gasteiger partial charge in [-0.3, -0.25) is 14.5 Å². The van der Waals surface area contributed by atoms with Gasteiger partial charge in [-0.2, -0.15) is 0 Å². The summed E-state index contributed by atoms with van der Waals surface area (Å²) in [7, 11) is 0. The van der Waals surface area contributed by atoms with E-state index in [-0.39, 0.29) is 11.3 Å². The first-order valence-electron chi connectivity index (χ1n) is 10.6. The van der Waals surface area contributed by atoms with Crippen LogP contribution in [-0.2, 0) is 14.3 Å². The Hall–Kier alpha value is -2.74. The molecule has 2 aliphatic rings. The predicted molar refractivity (Wildman–Crippen MR) is 119 cm³/mol. The molecule has 1 amide bonds. The number of hydrogen-bond donors (Lipinski definition) is 1. The summed E-state index contributed by atoms with van der Waals surface area (Å²) in [6.45, 7) is 4.05. The zero-order valence-corrected chi connectivity index (χ0v) is 18.2. The quantitative estimate of drug-likeness (QED) is 0.407. The van der Waals surface area contributed by atoms with Gasteiger partial charge >= 0.3 is 0 Å². The molecule has 2 aromatic rings. The maximum absolute atomic E-state index is 14.0. The molecule has 0 radical (unpaired) electrons. The first kappa shape index (κ1) is 22.5. The Morgan fingerprint density at radius 1 is 1.09 bits per heavy atom. The van der Waals surface area contributed by atoms with Crippen LogP contribution < -0.4 is 0 Å². The molecule has 6 nitrogen and oxygen atoms in total. The topological polar surface area (TPSA) is 70.1 Å². The van der Waals surface area contributed by atoms with Crippen LogP contribution in [0.4, 0.5) is 4.39 Å². The van der Waals surface area contributed by atoms with Crippen molar-refractivity contribution in [1.29, 1.82) is 0 Å². The number of nitrogens with zero attached hydrogens (tertiary/aromatic N) is 2. The number of aliphatic hydroxyl groups excluding tert-OH is 1. The van der Waals surface area contributed by atoms with Gasteiger partial charge in [0.25, 0.3) is 11.7 Å². The zero-order chi connectivity index (χ0) is 22.7. The third kappa shape index (κ3) is 4.70. The highest BCUT2D eigenvalue weighted by Gasteiger charge is 2.45. The van der Waals surface area contributed by atoms with E-state index >= 15 is 0 Å². The summed E-state index contributed by atoms with van der Waals surface area (Å²) in [5.74, 6) is -2.26. The van der Waals surface area contributed by atoms with E-state index in [1.165, 1.54) is 23.1 Å². The van der Waals surface area contributed by atoms with Gasteiger partial charge in [-0.15, -0.1) is 0 Å². The van der Waals surface area contributed by atoms with Crippen molar-refractivity contribution in [3.8, 4) is 0 Å². The maximum atomic E-state index is 14.0. The standard InChI is InChI=1S/C24H24ClFN2O4/c25-18-7-5-16(6-8-18)22(29)20-21(17-3-1-4-19(26)15-17)28(24(31)23(20)30)10-2-9-27-11-13-32-14-12-27/h1,3-8,15,21,29H,2,9-14H2/b22-20+/t21-/m1/s1. The number of ketones is 1. The van der Waals surface area contributed by atoms with Gasteiger partial charge in [0.15, 0.2) is 0 Å². The molecule has 0 aromatic heterocycles. The van der Waals surface area contributed by atoms with Crippen LogP contribution >= 0.6 is 11.6 Å². The molecular weight excluding hydrogens is 435 g/mol. The number of Topliss-reactive ketones (excluding diaryl/α,β-unsaturated/α-hetero) is 1. The molecule has 0 unspecified atom stereocenters. The number of aliphatic hydroxyl groups is 1. The smallest absolute Gasteiger partial charge is 0.295 e. The molecule has 32 heavy (non-hydrogen) atoms. The number of hydrogen-bond acceptors (Lipinski definition) is 5. The monoisotopic (exact) mass is 458 g/mol. The Kier molecular flexibility index (Phi) is 6.89. The molecule has 0 spiro atoms. The summed E-state index contributed by atoms with van der Waals surface area (Å²) >= 11 is 5.93. The van der Waals surface area contributed by atoms with E-state index < -0.39 is 23.5 Å². The molecule has 2 saturated heterocycles. The number of likely N-dealkylation sites (tertiary alicyclic amines) is 1. The second-order valence-corrected chi connectivity index (χ2v) is 8.30. The van der Waals surface area contributed by atoms with E-state index in [0.29, 0.717) is 42.3 Å². The van der Waals surface area contributed by atoms with Crippen molar-refractivity contribution in [1.82, 2.24) is 9.80 Å². The Labute approximate surface area is 190 Å². The lowest BCUT2D eigenvalue weighted by Gasteiger charge is -2.29. The van der Waals surface area contributed by atoms with E-state index in [0.717, 1.165) is 19.6 Å². The second kappa shape index (κ2) is 9.81. The number of carbonyl (C=O) groups is 2. The molecule has 2 aromatic carbocycles. The summed E-state index contributed by atoms with van der Waals surface area (Å²) in [6.07, 6.45) is 0.639. The Balaban J connectivity index is 1.67. The van der Waals surface area contributed by atoms with Crippen molar-refractivity contribution in [2.24, 2.45) is 0 Å². The van der Waals surface area contributed by atoms with Crippen molar-refractivity contribution >= 4 is 29.1 Å². The Morgan fingerprint density at radius 2 is 1.81 bits per heavy atom. The van der Waals surface area contributed by atoms with Crippen LogP contribution in [0.15, 0.2) is 54.1 Å². The van der Waals surface area contributed by atoms with Gasteiger partial charge < -0.3 is 14.7 Å². The van der Waals surface area contributed by atoms with Crippen molar-refractivity contribution in [3.63, 3.8) is 0 Å². The van der Waals surface area contributed by atoms with Crippen LogP contribution in [0.1, 0.15) is 23.6 Å². The fourth-order valence-corrected chi connectivity index (χ4v) is 4.31. The summed E-state index contributed by atoms with van der Waals surface area (Å²) in [5, 5.41) is 11.4. The van der Waals surface area contributed by atoms with Crippen LogP contribution in [0.3, 0.4) is 0 Å². The van der Waals surface area contributed by atoms with Gasteiger partial charge in [0.2, 0.25) is 0 Å². The fourth-order valence-electron chi connectivity index (χ4n) is 4.19. The highest BCUT2D eigenvalue weighted by molar-refractivity contribution is 6.46. The zero-order valence-electron chi connectivity index (χ0n) is 17.5. The average molecular weight is 459 g/mol. The minimum atomic E-state index is -0.869. The SMILES string of the molecule is O=C1C(=O)N(CCCN2CCOCC2)[C@H](c2cccc(F)c2)/C1=C(\O)c1ccc(Cl)cc1. The van der Waals surface area contributed by atoms with E-state index in [4.69, 9.17) is 16.3 Å². The van der Waals surface area contributed by atoms with E-state index in [1.54, 1.807) is 30.3 Å². The summed E-state index contributed by atoms with van der Waals surface area (Å²) in [4.78, 5) is 29.6. The molecule has 4 rings (SSSR count). The molecule has 0 bridgehead atoms. The normalized spacial score (nSPS) is 21.3. The van der Waals surface area contributed by atoms with Gasteiger partial charge in [0, 0.05) is 36.8 Å². The molecule has 0 saturated carbocycles. The molecule has 168 valence electrons. The molecule has 0 aliphatic carbocycles. The third-order valence-corrected chi connectivity index (χ3v) is 6.05. The Morgan fingerprint density at radius 3 is 2.50 bits per heavy atom. The van der Waals surface area contributed by atoms with Crippen LogP contribution in [0.2, 0.25) is 5.02 Å². The Bertz CT molecular complexity index is 1030. The van der Waals surface area contributed by atoms with Crippen LogP contribution in [-0.4, -0.2) is 66.0 Å². The molecular formula is C24H24ClFN2O4. The van der Waals surface area contributed by atoms with Crippen LogP contribution in [0.25, 0.3) is 5.76 Å². The van der Waals surface area contributed by atoms with Crippen molar-refractivity contribution in [3.05, 3.63) is 76.1 Å². The van der Waals surface area contributed by atoms with Gasteiger partial charge in [-0.05, 0) is 48.4 Å². The fraction of sp³-hybridized carbons (Fsp3) is 0.333. The van der Waals surface area contributed by atoms with Gasteiger partial charge in [0.1, 0.15) is 11.6 Å². The first-order valence-corrected chi connectivity index (χ1v) is 10.9. The minimum Gasteiger partial charge on any atom is -0.507 e. The van der Waals surface area contributed by atoms with Gasteiger partial charge in [0.05, 0.1) is 24.8 Å². The predicted octanol–water partition coefficient (Wildman–Crippen LogP) is 3.62. The lowest BCUT2D eigenvalue weighted by molar-refractivity contribution is -0.140. The lowest BCUT2D eigenvalue weighted by atomic mass is 9.95. The molecule has 2 aliphatic heterocycles. The number of ether oxygens (including phenoxy) is 1. The van der Waals surface area contributed by atoms with Crippen molar-refractivity contribution < 1.29 is 23.8 Å². The van der Waals surface area contributed by atoms with Crippen LogP contribution in [0.5, 0.6) is 0 Å². The van der Waals surface area contributed by atoms with Crippen molar-refractivity contribution in [2.45, 2.75) is 12.5 Å². The number of carbonyl (C=O) groups excluding carboxylic acids is 2. The molecule has 1 N–H and O–H groups in total. The van der Waals surface area contributed by atoms with Crippen molar-refractivity contribution in [2.75, 3.05) is 39.4 Å². The average Bonchev–Trinajstić information content (AvgIpc) is 3.05.